The zero-order valence-corrected chi connectivity index (χ0v) is 16.9. The summed E-state index contributed by atoms with van der Waals surface area (Å²) in [5.74, 6) is 1.50. The van der Waals surface area contributed by atoms with Crippen LogP contribution in [-0.4, -0.2) is 63.4 Å². The van der Waals surface area contributed by atoms with Gasteiger partial charge in [0.05, 0.1) is 20.3 Å². The molecule has 150 valence electrons. The Balaban J connectivity index is 1.86. The van der Waals surface area contributed by atoms with Crippen LogP contribution in [0.15, 0.2) is 24.3 Å². The molecule has 1 aromatic rings. The van der Waals surface area contributed by atoms with Gasteiger partial charge in [-0.2, -0.15) is 0 Å². The van der Waals surface area contributed by atoms with Gasteiger partial charge < -0.3 is 19.5 Å². The summed E-state index contributed by atoms with van der Waals surface area (Å²) < 4.78 is 16.5. The van der Waals surface area contributed by atoms with Crippen molar-refractivity contribution in [1.29, 1.82) is 0 Å². The van der Waals surface area contributed by atoms with Gasteiger partial charge in [0.1, 0.15) is 0 Å². The number of hydrogen-bond donors (Lipinski definition) is 1. The van der Waals surface area contributed by atoms with Crippen LogP contribution >= 0.6 is 0 Å². The van der Waals surface area contributed by atoms with Crippen molar-refractivity contribution in [3.8, 4) is 11.5 Å². The molecule has 6 heteroatoms. The first-order valence-corrected chi connectivity index (χ1v) is 9.57. The second kappa shape index (κ2) is 10.9. The molecule has 1 aliphatic rings. The number of carbonyl (C=O) groups is 1. The molecule has 0 spiro atoms. The molecule has 0 saturated carbocycles. The number of morpholine rings is 1. The molecule has 1 aromatic carbocycles. The number of amides is 1. The summed E-state index contributed by atoms with van der Waals surface area (Å²) in [6.07, 6.45) is 3.94. The second-order valence-corrected chi connectivity index (χ2v) is 6.96. The van der Waals surface area contributed by atoms with E-state index >= 15 is 0 Å². The maximum Gasteiger partial charge on any atom is 0.257 e. The highest BCUT2D eigenvalue weighted by molar-refractivity contribution is 5.77. The fourth-order valence-corrected chi connectivity index (χ4v) is 3.21. The number of ether oxygens (including phenoxy) is 3. The number of carbonyl (C=O) groups excluding carboxylic acids is 1. The fourth-order valence-electron chi connectivity index (χ4n) is 3.21. The molecule has 0 aromatic heterocycles. The molecule has 0 bridgehead atoms. The third-order valence-electron chi connectivity index (χ3n) is 4.70. The molecule has 0 radical (unpaired) electrons. The molecule has 1 heterocycles. The Morgan fingerprint density at radius 2 is 2.04 bits per heavy atom. The Labute approximate surface area is 162 Å². The maximum absolute atomic E-state index is 12.3. The molecule has 1 unspecified atom stereocenters. The van der Waals surface area contributed by atoms with Crippen LogP contribution in [0.2, 0.25) is 0 Å². The van der Waals surface area contributed by atoms with Crippen LogP contribution in [0.3, 0.4) is 0 Å². The van der Waals surface area contributed by atoms with E-state index in [2.05, 4.69) is 24.1 Å². The van der Waals surface area contributed by atoms with Crippen LogP contribution in [0.25, 0.3) is 6.08 Å². The normalized spacial score (nSPS) is 16.5. The van der Waals surface area contributed by atoms with Gasteiger partial charge in [0, 0.05) is 25.7 Å². The Bertz CT molecular complexity index is 625. The van der Waals surface area contributed by atoms with Crippen molar-refractivity contribution in [1.82, 2.24) is 10.2 Å². The molecule has 1 atom stereocenters. The molecule has 1 aliphatic heterocycles. The minimum atomic E-state index is -0.131. The predicted octanol–water partition coefficient (Wildman–Crippen LogP) is 2.58. The molecule has 1 amide bonds. The molecule has 0 aliphatic carbocycles. The van der Waals surface area contributed by atoms with E-state index in [1.807, 2.05) is 37.3 Å². The first-order valence-electron chi connectivity index (χ1n) is 9.57. The SMILES string of the molecule is C/C=C/c1ccc(OCC(=O)NCC(C(C)C)N2CCOCC2)c(OC)c1. The van der Waals surface area contributed by atoms with E-state index in [4.69, 9.17) is 14.2 Å². The smallest absolute Gasteiger partial charge is 0.257 e. The first-order chi connectivity index (χ1) is 13.0. The van der Waals surface area contributed by atoms with Crippen LogP contribution in [-0.2, 0) is 9.53 Å². The van der Waals surface area contributed by atoms with Crippen molar-refractivity contribution in [2.45, 2.75) is 26.8 Å². The average Bonchev–Trinajstić information content (AvgIpc) is 2.67. The van der Waals surface area contributed by atoms with E-state index in [1.54, 1.807) is 7.11 Å². The van der Waals surface area contributed by atoms with Gasteiger partial charge in [-0.1, -0.05) is 32.1 Å². The van der Waals surface area contributed by atoms with Gasteiger partial charge in [0.15, 0.2) is 18.1 Å². The second-order valence-electron chi connectivity index (χ2n) is 6.96. The Hall–Kier alpha value is -2.05. The standard InChI is InChI=1S/C21H32N2O4/c1-5-6-17-7-8-19(20(13-17)25-4)27-15-21(24)22-14-18(16(2)3)23-9-11-26-12-10-23/h5-8,13,16,18H,9-12,14-15H2,1-4H3,(H,22,24)/b6-5+. The monoisotopic (exact) mass is 376 g/mol. The Morgan fingerprint density at radius 3 is 2.67 bits per heavy atom. The molecule has 27 heavy (non-hydrogen) atoms. The highest BCUT2D eigenvalue weighted by Gasteiger charge is 2.24. The number of nitrogens with zero attached hydrogens (tertiary/aromatic N) is 1. The lowest BCUT2D eigenvalue weighted by Crippen LogP contribution is -2.51. The van der Waals surface area contributed by atoms with Crippen molar-refractivity contribution < 1.29 is 19.0 Å². The van der Waals surface area contributed by atoms with Gasteiger partial charge in [0.25, 0.3) is 5.91 Å². The van der Waals surface area contributed by atoms with Crippen LogP contribution in [0.1, 0.15) is 26.3 Å². The minimum absolute atomic E-state index is 0.0345. The van der Waals surface area contributed by atoms with Gasteiger partial charge in [0.2, 0.25) is 0 Å². The fraction of sp³-hybridized carbons (Fsp3) is 0.571. The number of rotatable bonds is 9. The van der Waals surface area contributed by atoms with Gasteiger partial charge in [-0.15, -0.1) is 0 Å². The van der Waals surface area contributed by atoms with Crippen LogP contribution in [0.5, 0.6) is 11.5 Å². The number of methoxy groups -OCH3 is 1. The lowest BCUT2D eigenvalue weighted by molar-refractivity contribution is -0.123. The summed E-state index contributed by atoms with van der Waals surface area (Å²) in [5, 5.41) is 3.00. The van der Waals surface area contributed by atoms with E-state index in [1.165, 1.54) is 0 Å². The van der Waals surface area contributed by atoms with Gasteiger partial charge in [-0.25, -0.2) is 0 Å². The number of nitrogens with one attached hydrogen (secondary N) is 1. The van der Waals surface area contributed by atoms with Gasteiger partial charge >= 0.3 is 0 Å². The molecule has 6 nitrogen and oxygen atoms in total. The van der Waals surface area contributed by atoms with Crippen molar-refractivity contribution in [2.75, 3.05) is 46.6 Å². The van der Waals surface area contributed by atoms with E-state index < -0.39 is 0 Å². The predicted molar refractivity (Wildman–Crippen MR) is 107 cm³/mol. The van der Waals surface area contributed by atoms with Crippen molar-refractivity contribution in [2.24, 2.45) is 5.92 Å². The molecule has 1 saturated heterocycles. The summed E-state index contributed by atoms with van der Waals surface area (Å²) in [5.41, 5.74) is 1.02. The van der Waals surface area contributed by atoms with Gasteiger partial charge in [-0.3, -0.25) is 9.69 Å². The number of benzene rings is 1. The topological polar surface area (TPSA) is 60.0 Å². The van der Waals surface area contributed by atoms with E-state index in [0.29, 0.717) is 30.0 Å². The third-order valence-corrected chi connectivity index (χ3v) is 4.70. The summed E-state index contributed by atoms with van der Waals surface area (Å²) in [6.45, 7) is 10.2. The van der Waals surface area contributed by atoms with Crippen molar-refractivity contribution in [3.63, 3.8) is 0 Å². The van der Waals surface area contributed by atoms with Crippen LogP contribution in [0.4, 0.5) is 0 Å². The quantitative estimate of drug-likeness (QED) is 0.718. The third kappa shape index (κ3) is 6.56. The highest BCUT2D eigenvalue weighted by Crippen LogP contribution is 2.28. The van der Waals surface area contributed by atoms with Gasteiger partial charge in [-0.05, 0) is 30.5 Å². The summed E-state index contributed by atoms with van der Waals surface area (Å²) in [6, 6.07) is 5.95. The average molecular weight is 376 g/mol. The molecule has 2 rings (SSSR count). The summed E-state index contributed by atoms with van der Waals surface area (Å²) in [7, 11) is 1.59. The zero-order chi connectivity index (χ0) is 19.6. The Morgan fingerprint density at radius 1 is 1.30 bits per heavy atom. The highest BCUT2D eigenvalue weighted by atomic mass is 16.5. The van der Waals surface area contributed by atoms with Crippen molar-refractivity contribution in [3.05, 3.63) is 29.8 Å². The largest absolute Gasteiger partial charge is 0.493 e. The zero-order valence-electron chi connectivity index (χ0n) is 16.9. The molecular weight excluding hydrogens is 344 g/mol. The van der Waals surface area contributed by atoms with Crippen molar-refractivity contribution >= 4 is 12.0 Å². The van der Waals surface area contributed by atoms with E-state index in [-0.39, 0.29) is 12.5 Å². The Kier molecular flexibility index (Phi) is 8.61. The maximum atomic E-state index is 12.3. The molecular formula is C21H32N2O4. The minimum Gasteiger partial charge on any atom is -0.493 e. The van der Waals surface area contributed by atoms with E-state index in [9.17, 15) is 4.79 Å². The first kappa shape index (κ1) is 21.3. The number of hydrogen-bond acceptors (Lipinski definition) is 5. The van der Waals surface area contributed by atoms with Crippen LogP contribution in [0, 0.1) is 5.92 Å². The van der Waals surface area contributed by atoms with E-state index in [0.717, 1.165) is 31.9 Å². The lowest BCUT2D eigenvalue weighted by Gasteiger charge is -2.36. The molecule has 1 N–H and O–H groups in total. The lowest BCUT2D eigenvalue weighted by atomic mass is 10.0. The van der Waals surface area contributed by atoms with Crippen LogP contribution < -0.4 is 14.8 Å². The summed E-state index contributed by atoms with van der Waals surface area (Å²) >= 11 is 0. The number of allylic oxidation sites excluding steroid dienone is 1. The summed E-state index contributed by atoms with van der Waals surface area (Å²) in [4.78, 5) is 14.7. The molecule has 1 fully saturated rings.